The van der Waals surface area contributed by atoms with Crippen molar-refractivity contribution in [2.75, 3.05) is 11.9 Å². The van der Waals surface area contributed by atoms with Gasteiger partial charge in [0, 0.05) is 18.8 Å². The highest BCUT2D eigenvalue weighted by molar-refractivity contribution is 5.73. The largest absolute Gasteiger partial charge is 0.497 e. The summed E-state index contributed by atoms with van der Waals surface area (Å²) in [6.45, 7) is 3.90. The van der Waals surface area contributed by atoms with Crippen LogP contribution in [-0.2, 0) is 6.54 Å². The molecule has 0 saturated carbocycles. The maximum atomic E-state index is 10.4. The van der Waals surface area contributed by atoms with Gasteiger partial charge in [-0.1, -0.05) is 35.0 Å². The van der Waals surface area contributed by atoms with Crippen molar-refractivity contribution in [2.24, 2.45) is 0 Å². The second-order valence-electron chi connectivity index (χ2n) is 7.55. The number of nitrogens with zero attached hydrogens (tertiary/aromatic N) is 6. The lowest BCUT2D eigenvalue weighted by Gasteiger charge is -2.07. The number of nitro benzene ring substituents is 3. The first-order chi connectivity index (χ1) is 17.2. The Bertz CT molecular complexity index is 1370. The minimum atomic E-state index is -1.21. The maximum Gasteiger partial charge on any atom is 0.324 e. The molecular weight excluding hydrogens is 474 g/mol. The highest BCUT2D eigenvalue weighted by Crippen LogP contribution is 2.38. The predicted molar refractivity (Wildman–Crippen MR) is 130 cm³/mol. The molecule has 0 saturated heterocycles. The van der Waals surface area contributed by atoms with Crippen LogP contribution >= 0.6 is 0 Å². The van der Waals surface area contributed by atoms with Crippen LogP contribution in [0, 0.1) is 37.3 Å². The van der Waals surface area contributed by atoms with Gasteiger partial charge in [-0.15, -0.1) is 5.10 Å². The number of nitrogens with one attached hydrogen (secondary N) is 1. The summed E-state index contributed by atoms with van der Waals surface area (Å²) in [7, 11) is 0. The van der Waals surface area contributed by atoms with E-state index in [0.717, 1.165) is 30.5 Å². The fourth-order valence-corrected chi connectivity index (χ4v) is 3.19. The molecule has 14 nitrogen and oxygen atoms in total. The number of benzene rings is 3. The Kier molecular flexibility index (Phi) is 8.02. The second-order valence-corrected chi connectivity index (χ2v) is 7.55. The van der Waals surface area contributed by atoms with Crippen LogP contribution in [0.1, 0.15) is 12.0 Å². The van der Waals surface area contributed by atoms with Crippen molar-refractivity contribution >= 4 is 33.8 Å². The Morgan fingerprint density at radius 2 is 1.53 bits per heavy atom. The number of para-hydroxylation sites is 1. The molecular formula is C22H21N7O7. The summed E-state index contributed by atoms with van der Waals surface area (Å²) in [5, 5.41) is 52.0. The van der Waals surface area contributed by atoms with Crippen molar-refractivity contribution in [2.45, 2.75) is 19.9 Å². The van der Waals surface area contributed by atoms with Crippen molar-refractivity contribution < 1.29 is 19.9 Å². The van der Waals surface area contributed by atoms with Crippen LogP contribution in [0.3, 0.4) is 0 Å². The number of rotatable bonds is 8. The maximum absolute atomic E-state index is 10.4. The fourth-order valence-electron chi connectivity index (χ4n) is 3.19. The number of anilines is 1. The SMILES string of the molecule is Cc1ccc(NCCCn2nnc3ccccc32)cc1.O=[N+]([O-])c1cc([N+](=O)[O-])c(O)c([N+](=O)[O-])c1. The van der Waals surface area contributed by atoms with Crippen molar-refractivity contribution in [3.8, 4) is 5.75 Å². The first-order valence-electron chi connectivity index (χ1n) is 10.6. The molecule has 0 unspecified atom stereocenters. The van der Waals surface area contributed by atoms with Gasteiger partial charge in [-0.05, 0) is 37.6 Å². The van der Waals surface area contributed by atoms with Gasteiger partial charge in [-0.25, -0.2) is 4.68 Å². The zero-order chi connectivity index (χ0) is 26.2. The molecule has 14 heteroatoms. The summed E-state index contributed by atoms with van der Waals surface area (Å²) in [6.07, 6.45) is 1.02. The monoisotopic (exact) mass is 495 g/mol. The molecule has 0 bridgehead atoms. The lowest BCUT2D eigenvalue weighted by atomic mass is 10.2. The molecule has 0 spiro atoms. The summed E-state index contributed by atoms with van der Waals surface area (Å²) in [4.78, 5) is 27.8. The Morgan fingerprint density at radius 3 is 2.11 bits per heavy atom. The van der Waals surface area contributed by atoms with E-state index in [0.29, 0.717) is 12.1 Å². The van der Waals surface area contributed by atoms with Crippen LogP contribution in [0.5, 0.6) is 5.75 Å². The van der Waals surface area contributed by atoms with Crippen LogP contribution < -0.4 is 5.32 Å². The van der Waals surface area contributed by atoms with Gasteiger partial charge in [0.05, 0.1) is 32.4 Å². The zero-order valence-electron chi connectivity index (χ0n) is 19.0. The van der Waals surface area contributed by atoms with Crippen molar-refractivity contribution in [3.63, 3.8) is 0 Å². The van der Waals surface area contributed by atoms with Gasteiger partial charge in [0.25, 0.3) is 11.4 Å². The highest BCUT2D eigenvalue weighted by Gasteiger charge is 2.30. The normalized spacial score (nSPS) is 10.4. The average molecular weight is 495 g/mol. The Morgan fingerprint density at radius 1 is 0.917 bits per heavy atom. The van der Waals surface area contributed by atoms with Gasteiger partial charge in [-0.3, -0.25) is 30.3 Å². The molecule has 4 aromatic rings. The lowest BCUT2D eigenvalue weighted by molar-refractivity contribution is -0.404. The Hall–Kier alpha value is -5.14. The van der Waals surface area contributed by atoms with E-state index in [-0.39, 0.29) is 0 Å². The van der Waals surface area contributed by atoms with Crippen molar-refractivity contribution in [1.82, 2.24) is 15.0 Å². The molecule has 36 heavy (non-hydrogen) atoms. The number of phenolic OH excluding ortho intramolecular Hbond substituents is 1. The number of nitro groups is 3. The van der Waals surface area contributed by atoms with E-state index in [9.17, 15) is 30.3 Å². The van der Waals surface area contributed by atoms with E-state index in [4.69, 9.17) is 5.11 Å². The van der Waals surface area contributed by atoms with E-state index in [1.165, 1.54) is 11.3 Å². The minimum absolute atomic E-state index is 0.447. The quantitative estimate of drug-likeness (QED) is 0.201. The first kappa shape index (κ1) is 25.5. The summed E-state index contributed by atoms with van der Waals surface area (Å²) >= 11 is 0. The number of hydrogen-bond donors (Lipinski definition) is 2. The van der Waals surface area contributed by atoms with Crippen LogP contribution in [0.15, 0.2) is 60.7 Å². The third-order valence-corrected chi connectivity index (χ3v) is 5.01. The van der Waals surface area contributed by atoms with Crippen molar-refractivity contribution in [3.05, 3.63) is 96.6 Å². The van der Waals surface area contributed by atoms with E-state index in [1.807, 2.05) is 22.9 Å². The average Bonchev–Trinajstić information content (AvgIpc) is 3.26. The smallest absolute Gasteiger partial charge is 0.324 e. The summed E-state index contributed by atoms with van der Waals surface area (Å²) < 4.78 is 1.96. The summed E-state index contributed by atoms with van der Waals surface area (Å²) in [5.41, 5.74) is 1.50. The number of aromatic nitrogens is 3. The van der Waals surface area contributed by atoms with E-state index in [2.05, 4.69) is 52.9 Å². The van der Waals surface area contributed by atoms with Gasteiger partial charge < -0.3 is 10.4 Å². The predicted octanol–water partition coefficient (Wildman–Crippen LogP) is 4.36. The van der Waals surface area contributed by atoms with Gasteiger partial charge in [0.15, 0.2) is 0 Å². The van der Waals surface area contributed by atoms with E-state index in [1.54, 1.807) is 0 Å². The van der Waals surface area contributed by atoms with E-state index >= 15 is 0 Å². The third-order valence-electron chi connectivity index (χ3n) is 5.01. The van der Waals surface area contributed by atoms with Crippen LogP contribution in [0.2, 0.25) is 0 Å². The molecule has 3 aromatic carbocycles. The highest BCUT2D eigenvalue weighted by atomic mass is 16.6. The van der Waals surface area contributed by atoms with Crippen LogP contribution in [-0.4, -0.2) is 41.4 Å². The molecule has 1 aromatic heterocycles. The Balaban J connectivity index is 0.000000207. The lowest BCUT2D eigenvalue weighted by Crippen LogP contribution is -2.07. The molecule has 0 amide bonds. The summed E-state index contributed by atoms with van der Waals surface area (Å²) in [5.74, 6) is -1.21. The topological polar surface area (TPSA) is 192 Å². The molecule has 0 fully saturated rings. The number of non-ortho nitro benzene ring substituents is 1. The zero-order valence-corrected chi connectivity index (χ0v) is 19.0. The molecule has 1 heterocycles. The number of aromatic hydroxyl groups is 1. The van der Waals surface area contributed by atoms with Gasteiger partial charge in [0.2, 0.25) is 0 Å². The standard InChI is InChI=1S/C16H18N4.C6H3N3O7/c1-13-7-9-14(10-8-13)17-11-4-12-20-16-6-3-2-5-15(16)18-19-20;10-6-4(8(13)14)1-3(7(11)12)2-5(6)9(15)16/h2-3,5-10,17H,4,11-12H2,1H3;1-2,10H. The number of phenols is 1. The molecule has 0 aliphatic rings. The van der Waals surface area contributed by atoms with Crippen LogP contribution in [0.4, 0.5) is 22.7 Å². The molecule has 2 N–H and O–H groups in total. The molecule has 186 valence electrons. The number of fused-ring (bicyclic) bond motifs is 1. The van der Waals surface area contributed by atoms with Crippen LogP contribution in [0.25, 0.3) is 11.0 Å². The van der Waals surface area contributed by atoms with Gasteiger partial charge in [-0.2, -0.15) is 0 Å². The third kappa shape index (κ3) is 6.25. The van der Waals surface area contributed by atoms with Crippen molar-refractivity contribution in [1.29, 1.82) is 0 Å². The van der Waals surface area contributed by atoms with Gasteiger partial charge >= 0.3 is 11.4 Å². The molecule has 0 radical (unpaired) electrons. The van der Waals surface area contributed by atoms with E-state index < -0.39 is 37.6 Å². The molecule has 0 atom stereocenters. The molecule has 0 aliphatic carbocycles. The Labute approximate surface area is 203 Å². The number of aryl methyl sites for hydroxylation is 2. The summed E-state index contributed by atoms with van der Waals surface area (Å²) in [6, 6.07) is 17.4. The second kappa shape index (κ2) is 11.3. The number of hydrogen-bond acceptors (Lipinski definition) is 10. The minimum Gasteiger partial charge on any atom is -0.497 e. The fraction of sp³-hybridized carbons (Fsp3) is 0.182. The first-order valence-corrected chi connectivity index (χ1v) is 10.6. The molecule has 4 rings (SSSR count). The molecule has 0 aliphatic heterocycles. The van der Waals surface area contributed by atoms with Gasteiger partial charge in [0.1, 0.15) is 5.52 Å².